The van der Waals surface area contributed by atoms with E-state index in [1.165, 1.54) is 11.1 Å². The zero-order valence-corrected chi connectivity index (χ0v) is 11.4. The van der Waals surface area contributed by atoms with Gasteiger partial charge in [0.25, 0.3) is 0 Å². The Morgan fingerprint density at radius 2 is 2.11 bits per heavy atom. The standard InChI is InChI=1S/C15H20N2O/c1-15(2,3)18-11-17-7-6-13-5-4-12(9-16)8-14(13)10-17/h4-5,8H,6-7,10-11H2,1-3H3. The summed E-state index contributed by atoms with van der Waals surface area (Å²) in [5.74, 6) is 0. The topological polar surface area (TPSA) is 36.3 Å². The van der Waals surface area contributed by atoms with Crippen LogP contribution in [0.3, 0.4) is 0 Å². The van der Waals surface area contributed by atoms with Crippen LogP contribution in [0.4, 0.5) is 0 Å². The Morgan fingerprint density at radius 1 is 1.33 bits per heavy atom. The van der Waals surface area contributed by atoms with E-state index in [9.17, 15) is 0 Å². The minimum absolute atomic E-state index is 0.102. The maximum absolute atomic E-state index is 8.93. The fourth-order valence-electron chi connectivity index (χ4n) is 2.08. The molecule has 0 saturated heterocycles. The van der Waals surface area contributed by atoms with Crippen molar-refractivity contribution in [2.75, 3.05) is 13.3 Å². The minimum atomic E-state index is -0.102. The summed E-state index contributed by atoms with van der Waals surface area (Å²) in [4.78, 5) is 2.29. The molecule has 0 fully saturated rings. The molecule has 2 rings (SSSR count). The molecule has 1 aromatic rings. The Kier molecular flexibility index (Phi) is 3.70. The average molecular weight is 244 g/mol. The Bertz CT molecular complexity index is 468. The molecule has 0 aliphatic carbocycles. The molecule has 1 aliphatic heterocycles. The fourth-order valence-corrected chi connectivity index (χ4v) is 2.08. The molecule has 1 heterocycles. The number of hydrogen-bond acceptors (Lipinski definition) is 3. The van der Waals surface area contributed by atoms with Crippen molar-refractivity contribution >= 4 is 0 Å². The molecule has 0 radical (unpaired) electrons. The first-order valence-corrected chi connectivity index (χ1v) is 6.36. The number of rotatable bonds is 2. The molecule has 0 amide bonds. The maximum atomic E-state index is 8.93. The number of nitriles is 1. The van der Waals surface area contributed by atoms with Gasteiger partial charge in [0.05, 0.1) is 24.0 Å². The van der Waals surface area contributed by atoms with E-state index in [1.54, 1.807) is 0 Å². The molecule has 0 N–H and O–H groups in total. The van der Waals surface area contributed by atoms with Crippen LogP contribution in [0.5, 0.6) is 0 Å². The molecular formula is C15H20N2O. The van der Waals surface area contributed by atoms with E-state index in [4.69, 9.17) is 10.00 Å². The molecule has 1 aliphatic rings. The highest BCUT2D eigenvalue weighted by Crippen LogP contribution is 2.21. The van der Waals surface area contributed by atoms with E-state index in [0.717, 1.165) is 25.1 Å². The molecule has 3 nitrogen and oxygen atoms in total. The van der Waals surface area contributed by atoms with Crippen molar-refractivity contribution in [3.8, 4) is 6.07 Å². The van der Waals surface area contributed by atoms with Crippen LogP contribution in [0.25, 0.3) is 0 Å². The van der Waals surface area contributed by atoms with Gasteiger partial charge in [-0.05, 0) is 50.5 Å². The lowest BCUT2D eigenvalue weighted by Crippen LogP contribution is -2.35. The van der Waals surface area contributed by atoms with Crippen molar-refractivity contribution in [2.45, 2.75) is 39.3 Å². The van der Waals surface area contributed by atoms with Gasteiger partial charge in [-0.3, -0.25) is 4.90 Å². The summed E-state index contributed by atoms with van der Waals surface area (Å²) in [6, 6.07) is 8.18. The Labute approximate surface area is 109 Å². The molecule has 0 spiro atoms. The van der Waals surface area contributed by atoms with E-state index < -0.39 is 0 Å². The lowest BCUT2D eigenvalue weighted by atomic mass is 9.98. The number of ether oxygens (including phenoxy) is 1. The van der Waals surface area contributed by atoms with Gasteiger partial charge in [0.15, 0.2) is 0 Å². The van der Waals surface area contributed by atoms with Gasteiger partial charge < -0.3 is 4.74 Å². The smallest absolute Gasteiger partial charge is 0.1000 e. The second-order valence-corrected chi connectivity index (χ2v) is 5.78. The predicted octanol–water partition coefficient (Wildman–Crippen LogP) is 2.69. The monoisotopic (exact) mass is 244 g/mol. The summed E-state index contributed by atoms with van der Waals surface area (Å²) in [6.07, 6.45) is 1.04. The van der Waals surface area contributed by atoms with Crippen molar-refractivity contribution < 1.29 is 4.74 Å². The van der Waals surface area contributed by atoms with Crippen LogP contribution >= 0.6 is 0 Å². The van der Waals surface area contributed by atoms with Crippen LogP contribution in [0.2, 0.25) is 0 Å². The lowest BCUT2D eigenvalue weighted by molar-refractivity contribution is -0.0674. The van der Waals surface area contributed by atoms with Gasteiger partial charge in [-0.2, -0.15) is 5.26 Å². The van der Waals surface area contributed by atoms with Gasteiger partial charge in [0, 0.05) is 13.1 Å². The molecule has 0 saturated carbocycles. The predicted molar refractivity (Wildman–Crippen MR) is 71.0 cm³/mol. The summed E-state index contributed by atoms with van der Waals surface area (Å²) in [5, 5.41) is 8.93. The van der Waals surface area contributed by atoms with Crippen LogP contribution in [0.15, 0.2) is 18.2 Å². The first kappa shape index (κ1) is 13.1. The summed E-state index contributed by atoms with van der Waals surface area (Å²) in [6.45, 7) is 8.76. The number of nitrogens with zero attached hydrogens (tertiary/aromatic N) is 2. The Hall–Kier alpha value is -1.37. The molecule has 18 heavy (non-hydrogen) atoms. The highest BCUT2D eigenvalue weighted by Gasteiger charge is 2.19. The number of hydrogen-bond donors (Lipinski definition) is 0. The zero-order chi connectivity index (χ0) is 13.2. The molecule has 0 atom stereocenters. The van der Waals surface area contributed by atoms with Crippen LogP contribution < -0.4 is 0 Å². The van der Waals surface area contributed by atoms with Crippen LogP contribution in [-0.2, 0) is 17.7 Å². The highest BCUT2D eigenvalue weighted by molar-refractivity contribution is 5.39. The molecule has 0 aromatic heterocycles. The fraction of sp³-hybridized carbons (Fsp3) is 0.533. The maximum Gasteiger partial charge on any atom is 0.1000 e. The summed E-state index contributed by atoms with van der Waals surface area (Å²) >= 11 is 0. The van der Waals surface area contributed by atoms with Crippen molar-refractivity contribution in [2.24, 2.45) is 0 Å². The quantitative estimate of drug-likeness (QED) is 0.802. The highest BCUT2D eigenvalue weighted by atomic mass is 16.5. The number of benzene rings is 1. The summed E-state index contributed by atoms with van der Waals surface area (Å²) in [7, 11) is 0. The normalized spacial score (nSPS) is 16.1. The van der Waals surface area contributed by atoms with Crippen LogP contribution in [0, 0.1) is 11.3 Å². The van der Waals surface area contributed by atoms with E-state index in [1.807, 2.05) is 12.1 Å². The van der Waals surface area contributed by atoms with Gasteiger partial charge in [0.1, 0.15) is 0 Å². The van der Waals surface area contributed by atoms with Crippen molar-refractivity contribution in [1.82, 2.24) is 4.90 Å². The largest absolute Gasteiger partial charge is 0.360 e. The molecular weight excluding hydrogens is 224 g/mol. The third-order valence-corrected chi connectivity index (χ3v) is 3.11. The number of fused-ring (bicyclic) bond motifs is 1. The average Bonchev–Trinajstić information content (AvgIpc) is 2.34. The van der Waals surface area contributed by atoms with E-state index >= 15 is 0 Å². The lowest BCUT2D eigenvalue weighted by Gasteiger charge is -2.31. The van der Waals surface area contributed by atoms with Crippen molar-refractivity contribution in [1.29, 1.82) is 5.26 Å². The molecule has 1 aromatic carbocycles. The first-order chi connectivity index (χ1) is 8.48. The first-order valence-electron chi connectivity index (χ1n) is 6.36. The molecule has 0 bridgehead atoms. The molecule has 0 unspecified atom stereocenters. The third-order valence-electron chi connectivity index (χ3n) is 3.11. The second kappa shape index (κ2) is 5.09. The van der Waals surface area contributed by atoms with Crippen molar-refractivity contribution in [3.63, 3.8) is 0 Å². The Balaban J connectivity index is 2.03. The van der Waals surface area contributed by atoms with E-state index in [-0.39, 0.29) is 5.60 Å². The molecule has 3 heteroatoms. The minimum Gasteiger partial charge on any atom is -0.360 e. The van der Waals surface area contributed by atoms with Gasteiger partial charge in [-0.25, -0.2) is 0 Å². The van der Waals surface area contributed by atoms with E-state index in [2.05, 4.69) is 37.8 Å². The summed E-state index contributed by atoms with van der Waals surface area (Å²) < 4.78 is 5.80. The molecule has 96 valence electrons. The van der Waals surface area contributed by atoms with Crippen LogP contribution in [-0.4, -0.2) is 23.8 Å². The van der Waals surface area contributed by atoms with E-state index in [0.29, 0.717) is 6.73 Å². The summed E-state index contributed by atoms with van der Waals surface area (Å²) in [5.41, 5.74) is 3.26. The van der Waals surface area contributed by atoms with Gasteiger partial charge in [-0.15, -0.1) is 0 Å². The second-order valence-electron chi connectivity index (χ2n) is 5.78. The Morgan fingerprint density at radius 3 is 2.78 bits per heavy atom. The van der Waals surface area contributed by atoms with Crippen LogP contribution in [0.1, 0.15) is 37.5 Å². The zero-order valence-electron chi connectivity index (χ0n) is 11.4. The van der Waals surface area contributed by atoms with Crippen molar-refractivity contribution in [3.05, 3.63) is 34.9 Å². The van der Waals surface area contributed by atoms with Gasteiger partial charge in [0.2, 0.25) is 0 Å². The van der Waals surface area contributed by atoms with Gasteiger partial charge in [-0.1, -0.05) is 6.07 Å². The SMILES string of the molecule is CC(C)(C)OCN1CCc2ccc(C#N)cc2C1. The van der Waals surface area contributed by atoms with Gasteiger partial charge >= 0.3 is 0 Å². The third kappa shape index (κ3) is 3.32.